The molecule has 1 unspecified atom stereocenters. The van der Waals surface area contributed by atoms with E-state index in [2.05, 4.69) is 10.6 Å². The van der Waals surface area contributed by atoms with Gasteiger partial charge < -0.3 is 15.4 Å². The number of nitro groups is 1. The number of nitro benzene ring substituents is 1. The van der Waals surface area contributed by atoms with Gasteiger partial charge >= 0.3 is 12.3 Å². The van der Waals surface area contributed by atoms with Crippen LogP contribution in [0.5, 0.6) is 0 Å². The largest absolute Gasteiger partial charge is 0.444 e. The predicted octanol–water partition coefficient (Wildman–Crippen LogP) is 3.71. The highest BCUT2D eigenvalue weighted by molar-refractivity contribution is 5.93. The van der Waals surface area contributed by atoms with Crippen LogP contribution >= 0.6 is 0 Å². The van der Waals surface area contributed by atoms with Crippen LogP contribution in [0.15, 0.2) is 18.2 Å². The number of alkyl halides is 3. The molecule has 0 aromatic heterocycles. The second-order valence-electron chi connectivity index (χ2n) is 6.76. The Kier molecular flexibility index (Phi) is 6.76. The summed E-state index contributed by atoms with van der Waals surface area (Å²) in [7, 11) is 0. The van der Waals surface area contributed by atoms with Crippen LogP contribution in [0.25, 0.3) is 0 Å². The van der Waals surface area contributed by atoms with Gasteiger partial charge in [-0.2, -0.15) is 13.2 Å². The summed E-state index contributed by atoms with van der Waals surface area (Å²) in [5.41, 5.74) is -3.55. The van der Waals surface area contributed by atoms with E-state index in [0.717, 1.165) is 6.07 Å². The summed E-state index contributed by atoms with van der Waals surface area (Å²) in [6.45, 7) is 6.32. The number of anilines is 1. The van der Waals surface area contributed by atoms with Crippen molar-refractivity contribution in [1.29, 1.82) is 0 Å². The van der Waals surface area contributed by atoms with Crippen molar-refractivity contribution in [2.45, 2.75) is 39.5 Å². The van der Waals surface area contributed by atoms with Crippen LogP contribution in [-0.4, -0.2) is 29.1 Å². The van der Waals surface area contributed by atoms with Crippen LogP contribution < -0.4 is 10.6 Å². The Morgan fingerprint density at radius 1 is 1.26 bits per heavy atom. The van der Waals surface area contributed by atoms with Crippen LogP contribution in [0.1, 0.15) is 33.3 Å². The van der Waals surface area contributed by atoms with Crippen molar-refractivity contribution < 1.29 is 32.4 Å². The maximum absolute atomic E-state index is 13.0. The van der Waals surface area contributed by atoms with Gasteiger partial charge in [-0.3, -0.25) is 14.9 Å². The number of alkyl carbamates (subject to hydrolysis) is 1. The Morgan fingerprint density at radius 3 is 2.33 bits per heavy atom. The molecule has 1 aromatic rings. The minimum atomic E-state index is -4.95. The summed E-state index contributed by atoms with van der Waals surface area (Å²) >= 11 is 0. The number of benzene rings is 1. The molecule has 2 N–H and O–H groups in total. The number of amides is 2. The van der Waals surface area contributed by atoms with Gasteiger partial charge in [0, 0.05) is 18.3 Å². The van der Waals surface area contributed by atoms with E-state index in [0.29, 0.717) is 12.1 Å². The zero-order valence-corrected chi connectivity index (χ0v) is 15.1. The maximum Gasteiger partial charge on any atom is 0.423 e. The fourth-order valence-electron chi connectivity index (χ4n) is 1.91. The second kappa shape index (κ2) is 8.23. The molecule has 11 heteroatoms. The molecule has 0 aliphatic carbocycles. The molecular weight excluding hydrogens is 371 g/mol. The number of rotatable bonds is 5. The third kappa shape index (κ3) is 7.12. The minimum Gasteiger partial charge on any atom is -0.444 e. The average Bonchev–Trinajstić information content (AvgIpc) is 2.49. The molecule has 150 valence electrons. The third-order valence-corrected chi connectivity index (χ3v) is 3.17. The number of nitrogens with zero attached hydrogens (tertiary/aromatic N) is 1. The Labute approximate surface area is 153 Å². The van der Waals surface area contributed by atoms with E-state index in [1.165, 1.54) is 6.92 Å². The number of carbonyl (C=O) groups excluding carboxylic acids is 2. The third-order valence-electron chi connectivity index (χ3n) is 3.17. The molecule has 0 saturated carbocycles. The Balaban J connectivity index is 2.79. The first-order chi connectivity index (χ1) is 12.2. The minimum absolute atomic E-state index is 0.111. The number of hydrogen-bond donors (Lipinski definition) is 2. The molecule has 0 bridgehead atoms. The molecule has 1 aromatic carbocycles. The molecule has 1 atom stereocenters. The normalized spacial score (nSPS) is 12.9. The number of hydrogen-bond acceptors (Lipinski definition) is 5. The lowest BCUT2D eigenvalue weighted by Crippen LogP contribution is -2.37. The Hall–Kier alpha value is -2.85. The number of ether oxygens (including phenoxy) is 1. The van der Waals surface area contributed by atoms with Gasteiger partial charge in [0.15, 0.2) is 0 Å². The lowest BCUT2D eigenvalue weighted by molar-refractivity contribution is -0.388. The molecule has 0 heterocycles. The zero-order valence-electron chi connectivity index (χ0n) is 15.1. The van der Waals surface area contributed by atoms with Crippen LogP contribution in [0.2, 0.25) is 0 Å². The summed E-state index contributed by atoms with van der Waals surface area (Å²) in [6.07, 6.45) is -5.69. The van der Waals surface area contributed by atoms with Crippen molar-refractivity contribution in [1.82, 2.24) is 5.32 Å². The molecule has 0 saturated heterocycles. The van der Waals surface area contributed by atoms with Gasteiger partial charge in [-0.05, 0) is 32.9 Å². The van der Waals surface area contributed by atoms with Gasteiger partial charge in [0.1, 0.15) is 11.2 Å². The fraction of sp³-hybridized carbons (Fsp3) is 0.500. The van der Waals surface area contributed by atoms with Gasteiger partial charge in [-0.1, -0.05) is 6.92 Å². The monoisotopic (exact) mass is 391 g/mol. The number of nitrogens with one attached hydrogen (secondary N) is 2. The molecule has 0 aliphatic heterocycles. The van der Waals surface area contributed by atoms with Crippen molar-refractivity contribution in [3.63, 3.8) is 0 Å². The molecule has 0 aliphatic rings. The number of carbonyl (C=O) groups is 2. The average molecular weight is 391 g/mol. The van der Waals surface area contributed by atoms with Crippen LogP contribution in [0.3, 0.4) is 0 Å². The van der Waals surface area contributed by atoms with E-state index in [1.807, 2.05) is 0 Å². The molecular formula is C16H20F3N3O5. The van der Waals surface area contributed by atoms with Gasteiger partial charge in [-0.25, -0.2) is 4.79 Å². The van der Waals surface area contributed by atoms with Crippen molar-refractivity contribution in [2.24, 2.45) is 5.92 Å². The van der Waals surface area contributed by atoms with Crippen molar-refractivity contribution in [3.05, 3.63) is 33.9 Å². The molecule has 0 spiro atoms. The van der Waals surface area contributed by atoms with Crippen LogP contribution in [0, 0.1) is 16.0 Å². The molecule has 8 nitrogen and oxygen atoms in total. The van der Waals surface area contributed by atoms with Crippen LogP contribution in [-0.2, 0) is 15.7 Å². The second-order valence-corrected chi connectivity index (χ2v) is 6.76. The van der Waals surface area contributed by atoms with E-state index in [1.54, 1.807) is 20.8 Å². The van der Waals surface area contributed by atoms with Crippen molar-refractivity contribution in [3.8, 4) is 0 Å². The lowest BCUT2D eigenvalue weighted by atomic mass is 10.1. The van der Waals surface area contributed by atoms with E-state index >= 15 is 0 Å². The van der Waals surface area contributed by atoms with E-state index in [4.69, 9.17) is 4.74 Å². The van der Waals surface area contributed by atoms with Gasteiger partial charge in [0.2, 0.25) is 5.91 Å². The molecule has 2 amide bonds. The zero-order chi connectivity index (χ0) is 21.0. The Bertz CT molecular complexity index is 729. The summed E-state index contributed by atoms with van der Waals surface area (Å²) in [5, 5.41) is 15.3. The molecule has 27 heavy (non-hydrogen) atoms. The summed E-state index contributed by atoms with van der Waals surface area (Å²) in [4.78, 5) is 33.2. The summed E-state index contributed by atoms with van der Waals surface area (Å²) in [6, 6.07) is 2.16. The Morgan fingerprint density at radius 2 is 1.85 bits per heavy atom. The molecule has 1 rings (SSSR count). The summed E-state index contributed by atoms with van der Waals surface area (Å²) in [5.74, 6) is -1.46. The van der Waals surface area contributed by atoms with Crippen molar-refractivity contribution in [2.75, 3.05) is 11.9 Å². The SMILES string of the molecule is CC(CNC(=O)OC(C)(C)C)C(=O)Nc1ccc([N+](=O)[O-])c(C(F)(F)F)c1. The highest BCUT2D eigenvalue weighted by Crippen LogP contribution is 2.37. The maximum atomic E-state index is 13.0. The fourth-order valence-corrected chi connectivity index (χ4v) is 1.91. The van der Waals surface area contributed by atoms with E-state index in [-0.39, 0.29) is 12.2 Å². The van der Waals surface area contributed by atoms with E-state index in [9.17, 15) is 32.9 Å². The molecule has 0 radical (unpaired) electrons. The highest BCUT2D eigenvalue weighted by Gasteiger charge is 2.38. The smallest absolute Gasteiger partial charge is 0.423 e. The predicted molar refractivity (Wildman–Crippen MR) is 90.1 cm³/mol. The van der Waals surface area contributed by atoms with Gasteiger partial charge in [0.05, 0.1) is 10.8 Å². The first kappa shape index (κ1) is 22.2. The van der Waals surface area contributed by atoms with E-state index < -0.39 is 45.9 Å². The molecule has 0 fully saturated rings. The standard InChI is InChI=1S/C16H20F3N3O5/c1-9(8-20-14(24)27-15(2,3)4)13(23)21-10-5-6-12(22(25)26)11(7-10)16(17,18)19/h5-7,9H,8H2,1-4H3,(H,20,24)(H,21,23). The number of halogens is 3. The van der Waals surface area contributed by atoms with Gasteiger partial charge in [0.25, 0.3) is 5.69 Å². The first-order valence-corrected chi connectivity index (χ1v) is 7.84. The van der Waals surface area contributed by atoms with Crippen LogP contribution in [0.4, 0.5) is 29.3 Å². The summed E-state index contributed by atoms with van der Waals surface area (Å²) < 4.78 is 43.9. The lowest BCUT2D eigenvalue weighted by Gasteiger charge is -2.20. The topological polar surface area (TPSA) is 111 Å². The van der Waals surface area contributed by atoms with Gasteiger partial charge in [-0.15, -0.1) is 0 Å². The quantitative estimate of drug-likeness (QED) is 0.587. The first-order valence-electron chi connectivity index (χ1n) is 7.84. The highest BCUT2D eigenvalue weighted by atomic mass is 19.4. The van der Waals surface area contributed by atoms with Crippen molar-refractivity contribution >= 4 is 23.4 Å².